The maximum atomic E-state index is 13.3. The topological polar surface area (TPSA) is 61.0 Å². The molecule has 6 heteroatoms. The first kappa shape index (κ1) is 18.0. The molecule has 1 fully saturated rings. The highest BCUT2D eigenvalue weighted by molar-refractivity contribution is 5.94. The van der Waals surface area contributed by atoms with Gasteiger partial charge in [-0.15, -0.1) is 12.4 Å². The molecule has 1 amide bonds. The number of halogens is 1. The van der Waals surface area contributed by atoms with Crippen LogP contribution in [0.2, 0.25) is 0 Å². The molecule has 1 unspecified atom stereocenters. The van der Waals surface area contributed by atoms with Gasteiger partial charge >= 0.3 is 0 Å². The van der Waals surface area contributed by atoms with Crippen molar-refractivity contribution in [1.82, 2.24) is 20.4 Å². The summed E-state index contributed by atoms with van der Waals surface area (Å²) in [6, 6.07) is 10.5. The average molecular weight is 361 g/mol. The van der Waals surface area contributed by atoms with Gasteiger partial charge < -0.3 is 10.2 Å². The van der Waals surface area contributed by atoms with Crippen LogP contribution in [-0.4, -0.2) is 33.6 Å². The summed E-state index contributed by atoms with van der Waals surface area (Å²) in [5.41, 5.74) is 3.92. The van der Waals surface area contributed by atoms with E-state index >= 15 is 0 Å². The second kappa shape index (κ2) is 7.58. The number of hydrogen-bond acceptors (Lipinski definition) is 3. The zero-order valence-corrected chi connectivity index (χ0v) is 15.3. The molecule has 0 radical (unpaired) electrons. The molecule has 0 bridgehead atoms. The summed E-state index contributed by atoms with van der Waals surface area (Å²) >= 11 is 0. The van der Waals surface area contributed by atoms with Crippen LogP contribution >= 0.6 is 12.4 Å². The first-order chi connectivity index (χ1) is 11.7. The monoisotopic (exact) mass is 360 g/mol. The Morgan fingerprint density at radius 2 is 2.08 bits per heavy atom. The standard InChI is InChI=1S/C19H24N4O.ClH/c1-13(15-7-8-15)23(12-14-5-3-2-4-6-14)19(24)18-16-11-20-10-9-17(16)21-22-18;/h2-6,13,15,20H,7-12H2,1H3,(H,21,22);1H. The summed E-state index contributed by atoms with van der Waals surface area (Å²) in [6.07, 6.45) is 3.35. The van der Waals surface area contributed by atoms with E-state index in [1.54, 1.807) is 0 Å². The van der Waals surface area contributed by atoms with Crippen LogP contribution in [0, 0.1) is 5.92 Å². The van der Waals surface area contributed by atoms with Crippen molar-refractivity contribution in [3.63, 3.8) is 0 Å². The molecule has 2 aliphatic rings. The summed E-state index contributed by atoms with van der Waals surface area (Å²) in [7, 11) is 0. The van der Waals surface area contributed by atoms with E-state index in [1.165, 1.54) is 18.4 Å². The summed E-state index contributed by atoms with van der Waals surface area (Å²) in [5, 5.41) is 10.8. The van der Waals surface area contributed by atoms with Gasteiger partial charge in [0.25, 0.3) is 5.91 Å². The Kier molecular flexibility index (Phi) is 5.45. The first-order valence-electron chi connectivity index (χ1n) is 8.86. The molecule has 1 aliphatic carbocycles. The number of rotatable bonds is 5. The lowest BCUT2D eigenvalue weighted by atomic mass is 10.0. The lowest BCUT2D eigenvalue weighted by Gasteiger charge is -2.29. The average Bonchev–Trinajstić information content (AvgIpc) is 3.39. The van der Waals surface area contributed by atoms with Crippen LogP contribution in [0.3, 0.4) is 0 Å². The van der Waals surface area contributed by atoms with Gasteiger partial charge in [0, 0.05) is 43.4 Å². The SMILES string of the molecule is CC(C1CC1)N(Cc1ccccc1)C(=O)c1n[nH]c2c1CNCC2.Cl. The van der Waals surface area contributed by atoms with Crippen molar-refractivity contribution in [1.29, 1.82) is 0 Å². The van der Waals surface area contributed by atoms with E-state index in [0.29, 0.717) is 18.2 Å². The van der Waals surface area contributed by atoms with Crippen molar-refractivity contribution in [2.45, 2.75) is 45.3 Å². The van der Waals surface area contributed by atoms with Crippen LogP contribution in [0.4, 0.5) is 0 Å². The molecule has 0 saturated heterocycles. The Balaban J connectivity index is 0.00000182. The summed E-state index contributed by atoms with van der Waals surface area (Å²) in [6.45, 7) is 4.49. The molecule has 2 aromatic rings. The maximum absolute atomic E-state index is 13.3. The van der Waals surface area contributed by atoms with Gasteiger partial charge in [-0.25, -0.2) is 0 Å². The van der Waals surface area contributed by atoms with Gasteiger partial charge in [0.05, 0.1) is 0 Å². The Labute approximate surface area is 154 Å². The number of nitrogens with one attached hydrogen (secondary N) is 2. The number of amides is 1. The molecule has 2 N–H and O–H groups in total. The largest absolute Gasteiger partial charge is 0.330 e. The van der Waals surface area contributed by atoms with E-state index in [-0.39, 0.29) is 24.4 Å². The summed E-state index contributed by atoms with van der Waals surface area (Å²) in [4.78, 5) is 15.3. The smallest absolute Gasteiger partial charge is 0.275 e. The molecule has 0 spiro atoms. The van der Waals surface area contributed by atoms with Gasteiger partial charge in [-0.3, -0.25) is 9.89 Å². The number of aromatic amines is 1. The molecule has 2 heterocycles. The number of aromatic nitrogens is 2. The molecule has 1 aliphatic heterocycles. The highest BCUT2D eigenvalue weighted by Crippen LogP contribution is 2.36. The molecule has 25 heavy (non-hydrogen) atoms. The van der Waals surface area contributed by atoms with Gasteiger partial charge in [0.1, 0.15) is 0 Å². The van der Waals surface area contributed by atoms with E-state index in [0.717, 1.165) is 30.8 Å². The number of fused-ring (bicyclic) bond motifs is 1. The highest BCUT2D eigenvalue weighted by Gasteiger charge is 2.36. The molecular weight excluding hydrogens is 336 g/mol. The number of carbonyl (C=O) groups is 1. The highest BCUT2D eigenvalue weighted by atomic mass is 35.5. The van der Waals surface area contributed by atoms with Crippen molar-refractivity contribution < 1.29 is 4.79 Å². The molecular formula is C19H25ClN4O. The maximum Gasteiger partial charge on any atom is 0.275 e. The van der Waals surface area contributed by atoms with Gasteiger partial charge in [0.15, 0.2) is 5.69 Å². The van der Waals surface area contributed by atoms with Crippen molar-refractivity contribution in [3.8, 4) is 0 Å². The molecule has 1 aromatic heterocycles. The van der Waals surface area contributed by atoms with Crippen molar-refractivity contribution in [3.05, 3.63) is 52.8 Å². The second-order valence-electron chi connectivity index (χ2n) is 6.95. The Morgan fingerprint density at radius 1 is 1.32 bits per heavy atom. The molecule has 5 nitrogen and oxygen atoms in total. The van der Waals surface area contributed by atoms with E-state index in [9.17, 15) is 4.79 Å². The minimum absolute atomic E-state index is 0. The van der Waals surface area contributed by atoms with Gasteiger partial charge in [0.2, 0.25) is 0 Å². The van der Waals surface area contributed by atoms with E-state index in [4.69, 9.17) is 0 Å². The molecule has 1 saturated carbocycles. The minimum atomic E-state index is 0. The third-order valence-electron chi connectivity index (χ3n) is 5.26. The fourth-order valence-corrected chi connectivity index (χ4v) is 3.55. The van der Waals surface area contributed by atoms with Gasteiger partial charge in [-0.1, -0.05) is 30.3 Å². The number of hydrogen-bond donors (Lipinski definition) is 2. The van der Waals surface area contributed by atoms with Crippen molar-refractivity contribution >= 4 is 18.3 Å². The van der Waals surface area contributed by atoms with E-state index < -0.39 is 0 Å². The zero-order chi connectivity index (χ0) is 16.5. The Hall–Kier alpha value is -1.85. The summed E-state index contributed by atoms with van der Waals surface area (Å²) in [5.74, 6) is 0.685. The Morgan fingerprint density at radius 3 is 2.80 bits per heavy atom. The normalized spacial score (nSPS) is 17.3. The van der Waals surface area contributed by atoms with Crippen molar-refractivity contribution in [2.24, 2.45) is 5.92 Å². The Bertz CT molecular complexity index is 726. The first-order valence-corrected chi connectivity index (χ1v) is 8.86. The molecule has 134 valence electrons. The fraction of sp³-hybridized carbons (Fsp3) is 0.474. The predicted molar refractivity (Wildman–Crippen MR) is 99.7 cm³/mol. The fourth-order valence-electron chi connectivity index (χ4n) is 3.55. The van der Waals surface area contributed by atoms with Crippen LogP contribution in [-0.2, 0) is 19.5 Å². The number of benzene rings is 1. The van der Waals surface area contributed by atoms with Crippen LogP contribution in [0.5, 0.6) is 0 Å². The zero-order valence-electron chi connectivity index (χ0n) is 14.5. The van der Waals surface area contributed by atoms with Crippen LogP contribution in [0.25, 0.3) is 0 Å². The van der Waals surface area contributed by atoms with E-state index in [1.807, 2.05) is 23.1 Å². The van der Waals surface area contributed by atoms with Crippen LogP contribution < -0.4 is 5.32 Å². The molecule has 4 rings (SSSR count). The van der Waals surface area contributed by atoms with Crippen molar-refractivity contribution in [2.75, 3.05) is 6.54 Å². The third kappa shape index (κ3) is 3.72. The lowest BCUT2D eigenvalue weighted by Crippen LogP contribution is -2.40. The van der Waals surface area contributed by atoms with Crippen LogP contribution in [0.15, 0.2) is 30.3 Å². The van der Waals surface area contributed by atoms with Crippen LogP contribution in [0.1, 0.15) is 47.1 Å². The molecule has 1 atom stereocenters. The number of carbonyl (C=O) groups excluding carboxylic acids is 1. The molecule has 1 aromatic carbocycles. The quantitative estimate of drug-likeness (QED) is 0.861. The summed E-state index contributed by atoms with van der Waals surface area (Å²) < 4.78 is 0. The predicted octanol–water partition coefficient (Wildman–Crippen LogP) is 2.92. The number of H-pyrrole nitrogens is 1. The van der Waals surface area contributed by atoms with Gasteiger partial charge in [-0.2, -0.15) is 5.10 Å². The third-order valence-corrected chi connectivity index (χ3v) is 5.26. The second-order valence-corrected chi connectivity index (χ2v) is 6.95. The lowest BCUT2D eigenvalue weighted by molar-refractivity contribution is 0.0646. The van der Waals surface area contributed by atoms with E-state index in [2.05, 4.69) is 34.6 Å². The minimum Gasteiger partial charge on any atom is -0.330 e. The number of nitrogens with zero attached hydrogens (tertiary/aromatic N) is 2. The van der Waals surface area contributed by atoms with Gasteiger partial charge in [-0.05, 0) is 31.2 Å².